The fraction of sp³-hybridized carbons (Fsp3) is 0.385. The lowest BCUT2D eigenvalue weighted by atomic mass is 9.95. The number of amides is 1. The Balaban J connectivity index is 2.66. The summed E-state index contributed by atoms with van der Waals surface area (Å²) in [4.78, 5) is 11.4. The quantitative estimate of drug-likeness (QED) is 0.928. The summed E-state index contributed by atoms with van der Waals surface area (Å²) in [7, 11) is 0. The van der Waals surface area contributed by atoms with Crippen LogP contribution in [-0.2, 0) is 11.2 Å². The number of hydrogen-bond donors (Lipinski definition) is 1. The van der Waals surface area contributed by atoms with Crippen molar-refractivity contribution in [1.82, 2.24) is 5.32 Å². The van der Waals surface area contributed by atoms with Gasteiger partial charge in [0.25, 0.3) is 0 Å². The maximum Gasteiger partial charge on any atom is 0.234 e. The van der Waals surface area contributed by atoms with Gasteiger partial charge in [0.1, 0.15) is 6.42 Å². The van der Waals surface area contributed by atoms with Crippen LogP contribution in [0.25, 0.3) is 0 Å². The molecule has 4 heteroatoms. The highest BCUT2D eigenvalue weighted by Crippen LogP contribution is 2.17. The van der Waals surface area contributed by atoms with E-state index in [4.69, 9.17) is 5.26 Å². The van der Waals surface area contributed by atoms with Gasteiger partial charge in [-0.1, -0.05) is 28.1 Å². The van der Waals surface area contributed by atoms with E-state index >= 15 is 0 Å². The van der Waals surface area contributed by atoms with Gasteiger partial charge in [0.2, 0.25) is 5.91 Å². The summed E-state index contributed by atoms with van der Waals surface area (Å²) in [6, 6.07) is 9.81. The van der Waals surface area contributed by atoms with Crippen LogP contribution in [0.15, 0.2) is 28.7 Å². The third-order valence-electron chi connectivity index (χ3n) is 2.25. The van der Waals surface area contributed by atoms with Gasteiger partial charge in [-0.3, -0.25) is 4.79 Å². The topological polar surface area (TPSA) is 52.9 Å². The highest BCUT2D eigenvalue weighted by atomic mass is 79.9. The van der Waals surface area contributed by atoms with Gasteiger partial charge in [0.15, 0.2) is 0 Å². The van der Waals surface area contributed by atoms with E-state index in [0.717, 1.165) is 16.5 Å². The molecule has 1 N–H and O–H groups in total. The average Bonchev–Trinajstić information content (AvgIpc) is 2.15. The Morgan fingerprint density at radius 2 is 2.24 bits per heavy atom. The summed E-state index contributed by atoms with van der Waals surface area (Å²) in [5, 5.41) is 11.3. The molecular weight excluding hydrogens is 280 g/mol. The maximum absolute atomic E-state index is 11.4. The number of nitrogens with one attached hydrogen (secondary N) is 1. The first-order valence-electron chi connectivity index (χ1n) is 5.35. The van der Waals surface area contributed by atoms with Gasteiger partial charge in [-0.25, -0.2) is 0 Å². The SMILES string of the molecule is CC(C)(Cc1cccc(Br)c1)NC(=O)CC#N. The van der Waals surface area contributed by atoms with Crippen LogP contribution in [0.4, 0.5) is 0 Å². The fourth-order valence-electron chi connectivity index (χ4n) is 1.69. The van der Waals surface area contributed by atoms with Crippen LogP contribution in [-0.4, -0.2) is 11.4 Å². The first-order chi connectivity index (χ1) is 7.93. The zero-order chi connectivity index (χ0) is 12.9. The van der Waals surface area contributed by atoms with Crippen LogP contribution >= 0.6 is 15.9 Å². The van der Waals surface area contributed by atoms with Crippen LogP contribution in [0.1, 0.15) is 25.8 Å². The van der Waals surface area contributed by atoms with E-state index in [1.165, 1.54) is 0 Å². The minimum absolute atomic E-state index is 0.0953. The standard InChI is InChI=1S/C13H15BrN2O/c1-13(2,16-12(17)6-7-15)9-10-4-3-5-11(14)8-10/h3-5,8H,6,9H2,1-2H3,(H,16,17). The first-order valence-corrected chi connectivity index (χ1v) is 6.15. The summed E-state index contributed by atoms with van der Waals surface area (Å²) in [6.45, 7) is 3.90. The Labute approximate surface area is 110 Å². The van der Waals surface area contributed by atoms with Crippen molar-refractivity contribution >= 4 is 21.8 Å². The molecule has 0 saturated carbocycles. The van der Waals surface area contributed by atoms with Crippen molar-refractivity contribution in [2.75, 3.05) is 0 Å². The van der Waals surface area contributed by atoms with E-state index in [0.29, 0.717) is 0 Å². The molecule has 0 fully saturated rings. The molecule has 0 aliphatic carbocycles. The van der Waals surface area contributed by atoms with Crippen LogP contribution in [0, 0.1) is 11.3 Å². The smallest absolute Gasteiger partial charge is 0.234 e. The molecule has 90 valence electrons. The number of halogens is 1. The van der Waals surface area contributed by atoms with E-state index in [2.05, 4.69) is 21.2 Å². The van der Waals surface area contributed by atoms with E-state index in [1.807, 2.05) is 44.2 Å². The first kappa shape index (κ1) is 13.7. The second kappa shape index (κ2) is 5.83. The lowest BCUT2D eigenvalue weighted by molar-refractivity contribution is -0.121. The molecule has 0 saturated heterocycles. The highest BCUT2D eigenvalue weighted by Gasteiger charge is 2.20. The summed E-state index contributed by atoms with van der Waals surface area (Å²) in [5.74, 6) is -0.229. The zero-order valence-corrected chi connectivity index (χ0v) is 11.5. The number of rotatable bonds is 4. The van der Waals surface area contributed by atoms with Gasteiger partial charge in [-0.2, -0.15) is 5.26 Å². The van der Waals surface area contributed by atoms with Crippen molar-refractivity contribution in [2.24, 2.45) is 0 Å². The Morgan fingerprint density at radius 1 is 1.53 bits per heavy atom. The largest absolute Gasteiger partial charge is 0.350 e. The van der Waals surface area contributed by atoms with Gasteiger partial charge in [0, 0.05) is 10.0 Å². The molecule has 0 atom stereocenters. The minimum Gasteiger partial charge on any atom is -0.350 e. The molecule has 1 aromatic rings. The number of carbonyl (C=O) groups is 1. The number of benzene rings is 1. The minimum atomic E-state index is -0.352. The Kier molecular flexibility index (Phi) is 4.71. The van der Waals surface area contributed by atoms with Crippen molar-refractivity contribution in [3.8, 4) is 6.07 Å². The average molecular weight is 295 g/mol. The zero-order valence-electron chi connectivity index (χ0n) is 9.96. The summed E-state index contributed by atoms with van der Waals surface area (Å²) in [5.41, 5.74) is 0.788. The Bertz CT molecular complexity index is 449. The molecule has 0 spiro atoms. The molecule has 1 amide bonds. The number of nitrogens with zero attached hydrogens (tertiary/aromatic N) is 1. The third kappa shape index (κ3) is 5.01. The molecule has 0 aliphatic rings. The molecular formula is C13H15BrN2O. The van der Waals surface area contributed by atoms with Crippen molar-refractivity contribution in [3.05, 3.63) is 34.3 Å². The van der Waals surface area contributed by atoms with Crippen LogP contribution < -0.4 is 5.32 Å². The van der Waals surface area contributed by atoms with E-state index in [1.54, 1.807) is 0 Å². The van der Waals surface area contributed by atoms with E-state index < -0.39 is 0 Å². The van der Waals surface area contributed by atoms with Crippen molar-refractivity contribution in [3.63, 3.8) is 0 Å². The normalized spacial score (nSPS) is 10.7. The van der Waals surface area contributed by atoms with Gasteiger partial charge < -0.3 is 5.32 Å². The monoisotopic (exact) mass is 294 g/mol. The summed E-state index contributed by atoms with van der Waals surface area (Å²) < 4.78 is 1.02. The van der Waals surface area contributed by atoms with Gasteiger partial charge >= 0.3 is 0 Å². The van der Waals surface area contributed by atoms with Crippen molar-refractivity contribution in [2.45, 2.75) is 32.2 Å². The molecule has 0 radical (unpaired) electrons. The number of carbonyl (C=O) groups excluding carboxylic acids is 1. The molecule has 0 bridgehead atoms. The molecule has 1 rings (SSSR count). The third-order valence-corrected chi connectivity index (χ3v) is 2.75. The fourth-order valence-corrected chi connectivity index (χ4v) is 2.14. The van der Waals surface area contributed by atoms with Gasteiger partial charge in [-0.05, 0) is 38.0 Å². The van der Waals surface area contributed by atoms with Crippen molar-refractivity contribution < 1.29 is 4.79 Å². The highest BCUT2D eigenvalue weighted by molar-refractivity contribution is 9.10. The number of hydrogen-bond acceptors (Lipinski definition) is 2. The van der Waals surface area contributed by atoms with Crippen LogP contribution in [0.5, 0.6) is 0 Å². The summed E-state index contributed by atoms with van der Waals surface area (Å²) in [6.07, 6.45) is 0.630. The number of nitriles is 1. The molecule has 0 heterocycles. The van der Waals surface area contributed by atoms with Crippen molar-refractivity contribution in [1.29, 1.82) is 5.26 Å². The lowest BCUT2D eigenvalue weighted by Crippen LogP contribution is -2.44. The van der Waals surface area contributed by atoms with Crippen LogP contribution in [0.2, 0.25) is 0 Å². The Morgan fingerprint density at radius 3 is 2.82 bits per heavy atom. The second-order valence-electron chi connectivity index (χ2n) is 4.57. The molecule has 1 aromatic carbocycles. The molecule has 0 aliphatic heterocycles. The predicted octanol–water partition coefficient (Wildman–Crippen LogP) is 2.80. The molecule has 0 aromatic heterocycles. The molecule has 3 nitrogen and oxygen atoms in total. The van der Waals surface area contributed by atoms with Gasteiger partial charge in [-0.15, -0.1) is 0 Å². The van der Waals surface area contributed by atoms with Crippen LogP contribution in [0.3, 0.4) is 0 Å². The predicted molar refractivity (Wildman–Crippen MR) is 70.3 cm³/mol. The second-order valence-corrected chi connectivity index (χ2v) is 5.49. The molecule has 17 heavy (non-hydrogen) atoms. The van der Waals surface area contributed by atoms with E-state index in [-0.39, 0.29) is 17.9 Å². The maximum atomic E-state index is 11.4. The summed E-state index contributed by atoms with van der Waals surface area (Å²) >= 11 is 3.41. The lowest BCUT2D eigenvalue weighted by Gasteiger charge is -2.26. The molecule has 0 unspecified atom stereocenters. The van der Waals surface area contributed by atoms with E-state index in [9.17, 15) is 4.79 Å². The van der Waals surface area contributed by atoms with Gasteiger partial charge in [0.05, 0.1) is 6.07 Å². The Hall–Kier alpha value is -1.34.